The Hall–Kier alpha value is -0.880. The average molecular weight is 332 g/mol. The number of esters is 1. The molecule has 0 saturated heterocycles. The largest absolute Gasteiger partial charge is 0.466 e. The molecule has 0 bridgehead atoms. The van der Waals surface area contributed by atoms with Gasteiger partial charge in [0.1, 0.15) is 6.10 Å². The van der Waals surface area contributed by atoms with E-state index < -0.39 is 12.1 Å². The van der Waals surface area contributed by atoms with Gasteiger partial charge >= 0.3 is 5.97 Å². The normalized spacial score (nSPS) is 13.4. The number of ether oxygens (including phenoxy) is 1. The van der Waals surface area contributed by atoms with Gasteiger partial charge in [-0.25, -0.2) is 4.79 Å². The molecule has 0 aromatic heterocycles. The molecule has 3 nitrogen and oxygen atoms in total. The van der Waals surface area contributed by atoms with Crippen molar-refractivity contribution < 1.29 is 14.6 Å². The third-order valence-electron chi connectivity index (χ3n) is 2.23. The molecule has 1 rings (SSSR count). The Morgan fingerprint density at radius 2 is 2.00 bits per heavy atom. The summed E-state index contributed by atoms with van der Waals surface area (Å²) in [6, 6.07) is 7.37. The fraction of sp³-hybridized carbons (Fsp3) is 0.250. The van der Waals surface area contributed by atoms with Gasteiger partial charge in [-0.3, -0.25) is 0 Å². The van der Waals surface area contributed by atoms with Gasteiger partial charge in [0.2, 0.25) is 0 Å². The molecule has 0 saturated carbocycles. The molecule has 1 aromatic carbocycles. The van der Waals surface area contributed by atoms with Gasteiger partial charge in [-0.1, -0.05) is 52.4 Å². The topological polar surface area (TPSA) is 46.5 Å². The van der Waals surface area contributed by atoms with Crippen LogP contribution in [-0.4, -0.2) is 18.2 Å². The van der Waals surface area contributed by atoms with Crippen molar-refractivity contribution in [2.24, 2.45) is 0 Å². The highest BCUT2D eigenvalue weighted by Gasteiger charge is 2.20. The van der Waals surface area contributed by atoms with Crippen LogP contribution in [-0.2, 0) is 9.53 Å². The first-order valence-electron chi connectivity index (χ1n) is 4.73. The van der Waals surface area contributed by atoms with Gasteiger partial charge in [0.15, 0.2) is 0 Å². The molecule has 0 aliphatic heterocycles. The summed E-state index contributed by atoms with van der Waals surface area (Å²) in [4.78, 5) is 11.4. The van der Waals surface area contributed by atoms with Gasteiger partial charge in [-0.05, 0) is 16.6 Å². The first kappa shape index (κ1) is 13.2. The number of rotatable bonds is 3. The standard InChI is InChI=1S/C12H13IO3/c1-8-3-5-9(6-4-8)11(14)10(7-13)12(15)16-2/h3-7,11,14H,1-2H3/b10-7+. The number of carbonyl (C=O) groups excluding carboxylic acids is 1. The van der Waals surface area contributed by atoms with Gasteiger partial charge in [0, 0.05) is 0 Å². The second-order valence-corrected chi connectivity index (χ2v) is 3.99. The molecule has 0 radical (unpaired) electrons. The minimum atomic E-state index is -0.940. The summed E-state index contributed by atoms with van der Waals surface area (Å²) in [5, 5.41) is 10.00. The van der Waals surface area contributed by atoms with Crippen LogP contribution in [0.4, 0.5) is 0 Å². The molecule has 1 atom stereocenters. The van der Waals surface area contributed by atoms with Crippen molar-refractivity contribution in [2.75, 3.05) is 7.11 Å². The highest BCUT2D eigenvalue weighted by Crippen LogP contribution is 2.23. The van der Waals surface area contributed by atoms with Crippen molar-refractivity contribution >= 4 is 28.6 Å². The summed E-state index contributed by atoms with van der Waals surface area (Å²) in [5.74, 6) is -0.512. The van der Waals surface area contributed by atoms with E-state index in [-0.39, 0.29) is 5.57 Å². The summed E-state index contributed by atoms with van der Waals surface area (Å²) in [6.07, 6.45) is -0.940. The van der Waals surface area contributed by atoms with E-state index in [9.17, 15) is 9.90 Å². The average Bonchev–Trinajstić information content (AvgIpc) is 2.30. The predicted molar refractivity (Wildman–Crippen MR) is 70.3 cm³/mol. The van der Waals surface area contributed by atoms with E-state index in [0.717, 1.165) is 5.56 Å². The van der Waals surface area contributed by atoms with E-state index in [1.165, 1.54) is 11.2 Å². The van der Waals surface area contributed by atoms with Crippen molar-refractivity contribution in [1.29, 1.82) is 0 Å². The lowest BCUT2D eigenvalue weighted by atomic mass is 10.0. The van der Waals surface area contributed by atoms with Crippen LogP contribution in [0.5, 0.6) is 0 Å². The zero-order valence-corrected chi connectivity index (χ0v) is 11.3. The fourth-order valence-electron chi connectivity index (χ4n) is 1.26. The van der Waals surface area contributed by atoms with E-state index >= 15 is 0 Å². The number of benzene rings is 1. The van der Waals surface area contributed by atoms with E-state index in [1.54, 1.807) is 12.1 Å². The summed E-state index contributed by atoms with van der Waals surface area (Å²) in [5.41, 5.74) is 2.03. The Kier molecular flexibility index (Phi) is 4.95. The summed E-state index contributed by atoms with van der Waals surface area (Å²) < 4.78 is 6.13. The van der Waals surface area contributed by atoms with Crippen molar-refractivity contribution in [2.45, 2.75) is 13.0 Å². The number of halogens is 1. The number of aliphatic hydroxyl groups is 1. The van der Waals surface area contributed by atoms with Crippen LogP contribution in [0.15, 0.2) is 33.9 Å². The van der Waals surface area contributed by atoms with E-state index in [0.29, 0.717) is 5.56 Å². The maximum Gasteiger partial charge on any atom is 0.337 e. The number of aryl methyl sites for hydroxylation is 1. The molecule has 0 heterocycles. The van der Waals surface area contributed by atoms with Gasteiger partial charge in [-0.2, -0.15) is 0 Å². The molecule has 0 amide bonds. The fourth-order valence-corrected chi connectivity index (χ4v) is 1.86. The minimum Gasteiger partial charge on any atom is -0.466 e. The van der Waals surface area contributed by atoms with Gasteiger partial charge in [0.05, 0.1) is 12.7 Å². The Bertz CT molecular complexity index is 395. The molecular weight excluding hydrogens is 319 g/mol. The first-order valence-corrected chi connectivity index (χ1v) is 5.98. The summed E-state index contributed by atoms with van der Waals surface area (Å²) >= 11 is 1.91. The minimum absolute atomic E-state index is 0.243. The van der Waals surface area contributed by atoms with Crippen LogP contribution >= 0.6 is 22.6 Å². The van der Waals surface area contributed by atoms with E-state index in [1.807, 2.05) is 41.6 Å². The summed E-state index contributed by atoms with van der Waals surface area (Å²) in [7, 11) is 1.30. The Balaban J connectivity index is 2.96. The van der Waals surface area contributed by atoms with Crippen LogP contribution in [0.2, 0.25) is 0 Å². The molecule has 1 unspecified atom stereocenters. The number of aliphatic hydroxyl groups excluding tert-OH is 1. The van der Waals surface area contributed by atoms with Gasteiger partial charge < -0.3 is 9.84 Å². The predicted octanol–water partition coefficient (Wildman–Crippen LogP) is 2.52. The molecule has 16 heavy (non-hydrogen) atoms. The van der Waals surface area contributed by atoms with Crippen molar-refractivity contribution in [1.82, 2.24) is 0 Å². The maximum absolute atomic E-state index is 11.4. The van der Waals surface area contributed by atoms with Crippen LogP contribution in [0.25, 0.3) is 0 Å². The van der Waals surface area contributed by atoms with Gasteiger partial charge in [-0.15, -0.1) is 0 Å². The monoisotopic (exact) mass is 332 g/mol. The lowest BCUT2D eigenvalue weighted by molar-refractivity contribution is -0.137. The van der Waals surface area contributed by atoms with Crippen molar-refractivity contribution in [3.8, 4) is 0 Å². The smallest absolute Gasteiger partial charge is 0.337 e. The van der Waals surface area contributed by atoms with Crippen molar-refractivity contribution in [3.63, 3.8) is 0 Å². The molecule has 1 N–H and O–H groups in total. The zero-order chi connectivity index (χ0) is 12.1. The molecule has 0 fully saturated rings. The third kappa shape index (κ3) is 3.05. The molecule has 4 heteroatoms. The van der Waals surface area contributed by atoms with Crippen molar-refractivity contribution in [3.05, 3.63) is 45.0 Å². The van der Waals surface area contributed by atoms with E-state index in [4.69, 9.17) is 0 Å². The quantitative estimate of drug-likeness (QED) is 0.526. The van der Waals surface area contributed by atoms with Crippen LogP contribution in [0.3, 0.4) is 0 Å². The van der Waals surface area contributed by atoms with Crippen LogP contribution in [0.1, 0.15) is 17.2 Å². The first-order chi connectivity index (χ1) is 7.60. The molecular formula is C12H13IO3. The number of methoxy groups -OCH3 is 1. The molecule has 0 aliphatic rings. The lowest BCUT2D eigenvalue weighted by Crippen LogP contribution is -2.12. The second-order valence-electron chi connectivity index (χ2n) is 3.37. The second kappa shape index (κ2) is 6.00. The Morgan fingerprint density at radius 3 is 2.44 bits per heavy atom. The highest BCUT2D eigenvalue weighted by molar-refractivity contribution is 14.1. The number of hydrogen-bond donors (Lipinski definition) is 1. The summed E-state index contributed by atoms with van der Waals surface area (Å²) in [6.45, 7) is 1.96. The molecule has 86 valence electrons. The van der Waals surface area contributed by atoms with E-state index in [2.05, 4.69) is 4.74 Å². The number of hydrogen-bond acceptors (Lipinski definition) is 3. The SMILES string of the molecule is COC(=O)/C(=C/I)C(O)c1ccc(C)cc1. The molecule has 0 spiro atoms. The van der Waals surface area contributed by atoms with Crippen LogP contribution < -0.4 is 0 Å². The zero-order valence-electron chi connectivity index (χ0n) is 9.11. The molecule has 0 aliphatic carbocycles. The maximum atomic E-state index is 11.4. The number of carbonyl (C=O) groups is 1. The molecule has 1 aromatic rings. The Morgan fingerprint density at radius 1 is 1.44 bits per heavy atom. The van der Waals surface area contributed by atoms with Gasteiger partial charge in [0.25, 0.3) is 0 Å². The highest BCUT2D eigenvalue weighted by atomic mass is 127. The Labute approximate surface area is 108 Å². The lowest BCUT2D eigenvalue weighted by Gasteiger charge is -2.13. The third-order valence-corrected chi connectivity index (χ3v) is 2.90. The van der Waals surface area contributed by atoms with Crippen LogP contribution in [0, 0.1) is 6.92 Å².